The second kappa shape index (κ2) is 8.60. The number of nitrogens with zero attached hydrogens (tertiary/aromatic N) is 1. The summed E-state index contributed by atoms with van der Waals surface area (Å²) in [7, 11) is 0. The molecule has 0 aliphatic rings. The number of anilines is 2. The van der Waals surface area contributed by atoms with Crippen LogP contribution < -0.4 is 16.4 Å². The van der Waals surface area contributed by atoms with Crippen LogP contribution in [-0.2, 0) is 0 Å². The highest BCUT2D eigenvalue weighted by atomic mass is 32.1. The number of carbonyl (C=O) groups excluding carboxylic acids is 1. The third kappa shape index (κ3) is 4.86. The zero-order chi connectivity index (χ0) is 15.0. The molecule has 6 heteroatoms. The normalized spacial score (nSPS) is 10.6. The highest BCUT2D eigenvalue weighted by molar-refractivity contribution is 7.18. The van der Waals surface area contributed by atoms with Crippen molar-refractivity contribution in [1.82, 2.24) is 10.2 Å². The summed E-state index contributed by atoms with van der Waals surface area (Å²) in [6.45, 7) is 12.2. The predicted molar refractivity (Wildman–Crippen MR) is 87.5 cm³/mol. The number of thiophene rings is 1. The molecular formula is C14H24N4OS. The van der Waals surface area contributed by atoms with Crippen LogP contribution in [0, 0.1) is 0 Å². The maximum atomic E-state index is 11.8. The molecule has 0 radical (unpaired) electrons. The van der Waals surface area contributed by atoms with Gasteiger partial charge in [-0.2, -0.15) is 0 Å². The minimum Gasteiger partial charge on any atom is -0.397 e. The molecule has 0 aliphatic carbocycles. The van der Waals surface area contributed by atoms with Crippen molar-refractivity contribution in [3.63, 3.8) is 0 Å². The van der Waals surface area contributed by atoms with Gasteiger partial charge in [0.2, 0.25) is 0 Å². The van der Waals surface area contributed by atoms with E-state index >= 15 is 0 Å². The molecule has 0 fully saturated rings. The number of nitrogens with two attached hydrogens (primary N) is 1. The van der Waals surface area contributed by atoms with Crippen molar-refractivity contribution in [3.05, 3.63) is 23.6 Å². The van der Waals surface area contributed by atoms with Crippen molar-refractivity contribution in [2.45, 2.75) is 13.8 Å². The molecule has 0 bridgehead atoms. The summed E-state index contributed by atoms with van der Waals surface area (Å²) in [5.74, 6) is -0.149. The number of amides is 1. The highest BCUT2D eigenvalue weighted by Gasteiger charge is 2.13. The van der Waals surface area contributed by atoms with Gasteiger partial charge in [0.1, 0.15) is 4.88 Å². The topological polar surface area (TPSA) is 70.4 Å². The maximum Gasteiger partial charge on any atom is 0.263 e. The van der Waals surface area contributed by atoms with E-state index in [1.54, 1.807) is 6.08 Å². The molecule has 0 aromatic carbocycles. The van der Waals surface area contributed by atoms with Gasteiger partial charge >= 0.3 is 0 Å². The van der Waals surface area contributed by atoms with Gasteiger partial charge in [-0.05, 0) is 19.2 Å². The summed E-state index contributed by atoms with van der Waals surface area (Å²) in [5.41, 5.74) is 6.39. The second-order valence-corrected chi connectivity index (χ2v) is 5.40. The Balaban J connectivity index is 2.52. The van der Waals surface area contributed by atoms with Crippen molar-refractivity contribution in [1.29, 1.82) is 0 Å². The third-order valence-electron chi connectivity index (χ3n) is 3.00. The molecule has 0 saturated heterocycles. The second-order valence-electron chi connectivity index (χ2n) is 4.35. The highest BCUT2D eigenvalue weighted by Crippen LogP contribution is 2.28. The van der Waals surface area contributed by atoms with E-state index in [9.17, 15) is 4.79 Å². The molecular weight excluding hydrogens is 272 g/mol. The fraction of sp³-hybridized carbons (Fsp3) is 0.500. The van der Waals surface area contributed by atoms with E-state index in [0.29, 0.717) is 17.1 Å². The molecule has 4 N–H and O–H groups in total. The van der Waals surface area contributed by atoms with Gasteiger partial charge in [-0.1, -0.05) is 19.9 Å². The van der Waals surface area contributed by atoms with Gasteiger partial charge in [-0.25, -0.2) is 0 Å². The minimum absolute atomic E-state index is 0.149. The van der Waals surface area contributed by atoms with Crippen LogP contribution in [0.1, 0.15) is 23.5 Å². The third-order valence-corrected chi connectivity index (χ3v) is 4.10. The van der Waals surface area contributed by atoms with E-state index in [-0.39, 0.29) is 5.91 Å². The van der Waals surface area contributed by atoms with Crippen LogP contribution in [0.25, 0.3) is 0 Å². The quantitative estimate of drug-likeness (QED) is 0.610. The average Bonchev–Trinajstić information content (AvgIpc) is 2.82. The SMILES string of the molecule is C=CCNC(=O)c1sc(NCCN(CC)CC)cc1N. The Morgan fingerprint density at radius 1 is 1.50 bits per heavy atom. The largest absolute Gasteiger partial charge is 0.397 e. The Hall–Kier alpha value is -1.53. The number of nitrogen functional groups attached to an aromatic ring is 1. The molecule has 1 heterocycles. The maximum absolute atomic E-state index is 11.8. The zero-order valence-corrected chi connectivity index (χ0v) is 13.1. The first-order valence-corrected chi connectivity index (χ1v) is 7.68. The molecule has 1 aromatic heterocycles. The van der Waals surface area contributed by atoms with Gasteiger partial charge in [0.25, 0.3) is 5.91 Å². The smallest absolute Gasteiger partial charge is 0.263 e. The Labute approximate surface area is 124 Å². The van der Waals surface area contributed by atoms with Gasteiger partial charge in [0, 0.05) is 19.6 Å². The average molecular weight is 296 g/mol. The van der Waals surface area contributed by atoms with Gasteiger partial charge < -0.3 is 21.3 Å². The van der Waals surface area contributed by atoms with Crippen molar-refractivity contribution in [3.8, 4) is 0 Å². The minimum atomic E-state index is -0.149. The number of likely N-dealkylation sites (N-methyl/N-ethyl adjacent to an activating group) is 1. The Morgan fingerprint density at radius 2 is 2.20 bits per heavy atom. The Morgan fingerprint density at radius 3 is 2.80 bits per heavy atom. The van der Waals surface area contributed by atoms with E-state index in [1.165, 1.54) is 11.3 Å². The first kappa shape index (κ1) is 16.5. The van der Waals surface area contributed by atoms with Crippen LogP contribution in [0.15, 0.2) is 18.7 Å². The number of rotatable bonds is 9. The van der Waals surface area contributed by atoms with Crippen molar-refractivity contribution in [2.24, 2.45) is 0 Å². The zero-order valence-electron chi connectivity index (χ0n) is 12.2. The molecule has 1 amide bonds. The van der Waals surface area contributed by atoms with Gasteiger partial charge in [0.15, 0.2) is 0 Å². The monoisotopic (exact) mass is 296 g/mol. The van der Waals surface area contributed by atoms with Crippen molar-refractivity contribution < 1.29 is 4.79 Å². The van der Waals surface area contributed by atoms with Crippen LogP contribution >= 0.6 is 11.3 Å². The summed E-state index contributed by atoms with van der Waals surface area (Å²) >= 11 is 1.38. The number of carbonyl (C=O) groups is 1. The van der Waals surface area contributed by atoms with E-state index in [0.717, 1.165) is 31.2 Å². The molecule has 5 nitrogen and oxygen atoms in total. The number of nitrogens with one attached hydrogen (secondary N) is 2. The fourth-order valence-electron chi connectivity index (χ4n) is 1.79. The summed E-state index contributed by atoms with van der Waals surface area (Å²) in [5, 5.41) is 6.97. The molecule has 112 valence electrons. The number of hydrogen-bond acceptors (Lipinski definition) is 5. The Kier molecular flexibility index (Phi) is 7.11. The number of hydrogen-bond donors (Lipinski definition) is 3. The first-order valence-electron chi connectivity index (χ1n) is 6.86. The molecule has 0 atom stereocenters. The Bertz CT molecular complexity index is 440. The lowest BCUT2D eigenvalue weighted by Gasteiger charge is -2.17. The van der Waals surface area contributed by atoms with Crippen molar-refractivity contribution in [2.75, 3.05) is 43.8 Å². The molecule has 20 heavy (non-hydrogen) atoms. The summed E-state index contributed by atoms with van der Waals surface area (Å²) < 4.78 is 0. The van der Waals surface area contributed by atoms with Crippen LogP contribution in [0.5, 0.6) is 0 Å². The summed E-state index contributed by atoms with van der Waals surface area (Å²) in [4.78, 5) is 14.7. The molecule has 1 rings (SSSR count). The van der Waals surface area contributed by atoms with Gasteiger partial charge in [0.05, 0.1) is 10.7 Å². The first-order chi connectivity index (χ1) is 9.62. The summed E-state index contributed by atoms with van der Waals surface area (Å²) in [6, 6.07) is 1.82. The standard InChI is InChI=1S/C14H24N4OS/c1-4-7-17-14(19)13-11(15)10-12(20-13)16-8-9-18(5-2)6-3/h4,10,16H,1,5-9,15H2,2-3H3,(H,17,19). The fourth-order valence-corrected chi connectivity index (χ4v) is 2.71. The van der Waals surface area contributed by atoms with E-state index < -0.39 is 0 Å². The molecule has 0 unspecified atom stereocenters. The van der Waals surface area contributed by atoms with Crippen LogP contribution in [0.4, 0.5) is 10.7 Å². The van der Waals surface area contributed by atoms with E-state index in [1.807, 2.05) is 6.07 Å². The lowest BCUT2D eigenvalue weighted by Crippen LogP contribution is -2.28. The molecule has 1 aromatic rings. The van der Waals surface area contributed by atoms with Crippen molar-refractivity contribution >= 4 is 27.9 Å². The van der Waals surface area contributed by atoms with Crippen LogP contribution in [-0.4, -0.2) is 43.5 Å². The lowest BCUT2D eigenvalue weighted by molar-refractivity contribution is 0.0963. The van der Waals surface area contributed by atoms with Crippen LogP contribution in [0.3, 0.4) is 0 Å². The van der Waals surface area contributed by atoms with E-state index in [4.69, 9.17) is 5.73 Å². The lowest BCUT2D eigenvalue weighted by atomic mass is 10.3. The van der Waals surface area contributed by atoms with Gasteiger partial charge in [-0.15, -0.1) is 17.9 Å². The van der Waals surface area contributed by atoms with Gasteiger partial charge in [-0.3, -0.25) is 4.79 Å². The van der Waals surface area contributed by atoms with Crippen LogP contribution in [0.2, 0.25) is 0 Å². The molecule has 0 spiro atoms. The molecule has 0 aliphatic heterocycles. The predicted octanol–water partition coefficient (Wildman–Crippen LogP) is 2.00. The summed E-state index contributed by atoms with van der Waals surface area (Å²) in [6.07, 6.45) is 1.64. The van der Waals surface area contributed by atoms with E-state index in [2.05, 4.69) is 36.0 Å². The molecule has 0 saturated carbocycles.